The molecule has 3 rings (SSSR count). The summed E-state index contributed by atoms with van der Waals surface area (Å²) in [5, 5.41) is 10.5. The molecule has 2 aromatic rings. The summed E-state index contributed by atoms with van der Waals surface area (Å²) < 4.78 is 11.2. The summed E-state index contributed by atoms with van der Waals surface area (Å²) in [6.07, 6.45) is 0.904. The molecule has 2 atom stereocenters. The van der Waals surface area contributed by atoms with Gasteiger partial charge < -0.3 is 26.0 Å². The first-order valence-electron chi connectivity index (χ1n) is 11.3. The third-order valence-electron chi connectivity index (χ3n) is 5.92. The molecule has 0 radical (unpaired) electrons. The number of rotatable bonds is 12. The maximum Gasteiger partial charge on any atom is 0.237 e. The highest BCUT2D eigenvalue weighted by Gasteiger charge is 2.34. The van der Waals surface area contributed by atoms with E-state index in [0.717, 1.165) is 49.7 Å². The van der Waals surface area contributed by atoms with Crippen LogP contribution in [0.2, 0.25) is 0 Å². The molecule has 32 heavy (non-hydrogen) atoms. The second-order valence-electron chi connectivity index (χ2n) is 8.53. The molecule has 174 valence electrons. The third kappa shape index (κ3) is 7.60. The zero-order chi connectivity index (χ0) is 22.8. The second kappa shape index (κ2) is 12.0. The molecule has 0 unspecified atom stereocenters. The number of nitrogens with zero attached hydrogens (tertiary/aromatic N) is 1. The zero-order valence-corrected chi connectivity index (χ0v) is 18.6. The Morgan fingerprint density at radius 1 is 1.09 bits per heavy atom. The van der Waals surface area contributed by atoms with E-state index in [1.165, 1.54) is 0 Å². The number of nitrogens with two attached hydrogens (primary N) is 2. The highest BCUT2D eigenvalue weighted by molar-refractivity contribution is 5.84. The van der Waals surface area contributed by atoms with Crippen LogP contribution in [0.5, 0.6) is 5.75 Å². The van der Waals surface area contributed by atoms with Crippen molar-refractivity contribution in [1.29, 1.82) is 0 Å². The number of ether oxygens (including phenoxy) is 2. The number of morpholine rings is 1. The highest BCUT2D eigenvalue weighted by atomic mass is 16.5. The lowest BCUT2D eigenvalue weighted by atomic mass is 9.84. The lowest BCUT2D eigenvalue weighted by Gasteiger charge is -2.28. The van der Waals surface area contributed by atoms with Crippen LogP contribution in [0.1, 0.15) is 24.0 Å². The number of carbonyl (C=O) groups is 1. The molecule has 1 aliphatic heterocycles. The summed E-state index contributed by atoms with van der Waals surface area (Å²) in [5.74, 6) is 0.161. The maximum absolute atomic E-state index is 12.1. The van der Waals surface area contributed by atoms with Crippen molar-refractivity contribution in [3.05, 3.63) is 65.7 Å². The van der Waals surface area contributed by atoms with E-state index in [1.54, 1.807) is 0 Å². The molecule has 0 bridgehead atoms. The van der Waals surface area contributed by atoms with E-state index in [0.29, 0.717) is 19.4 Å². The van der Waals surface area contributed by atoms with Gasteiger partial charge in [-0.1, -0.05) is 42.5 Å². The molecule has 2 aromatic carbocycles. The van der Waals surface area contributed by atoms with Gasteiger partial charge in [-0.15, -0.1) is 0 Å². The van der Waals surface area contributed by atoms with Crippen LogP contribution in [0.25, 0.3) is 0 Å². The van der Waals surface area contributed by atoms with Crippen LogP contribution < -0.4 is 16.2 Å². The fourth-order valence-electron chi connectivity index (χ4n) is 3.95. The van der Waals surface area contributed by atoms with E-state index in [9.17, 15) is 9.90 Å². The van der Waals surface area contributed by atoms with Crippen molar-refractivity contribution in [2.24, 2.45) is 11.5 Å². The fraction of sp³-hybridized carbons (Fsp3) is 0.480. The Hall–Kier alpha value is -2.45. The monoisotopic (exact) mass is 441 g/mol. The van der Waals surface area contributed by atoms with Crippen LogP contribution >= 0.6 is 0 Å². The summed E-state index contributed by atoms with van der Waals surface area (Å²) in [6, 6.07) is 17.5. The Morgan fingerprint density at radius 3 is 2.44 bits per heavy atom. The SMILES string of the molecule is NC(=O)[C@@](N)(Cc1ccc(OCCN2CCOCC2)cc1)C[C@@H](O)CCc1ccccc1. The van der Waals surface area contributed by atoms with Gasteiger partial charge in [-0.2, -0.15) is 0 Å². The van der Waals surface area contributed by atoms with E-state index in [4.69, 9.17) is 20.9 Å². The lowest BCUT2D eigenvalue weighted by Crippen LogP contribution is -2.55. The van der Waals surface area contributed by atoms with Gasteiger partial charge >= 0.3 is 0 Å². The lowest BCUT2D eigenvalue weighted by molar-refractivity contribution is -0.124. The van der Waals surface area contributed by atoms with Crippen LogP contribution in [0.15, 0.2) is 54.6 Å². The molecule has 0 aliphatic carbocycles. The molecule has 1 aliphatic rings. The molecule has 0 spiro atoms. The van der Waals surface area contributed by atoms with Gasteiger partial charge in [0.1, 0.15) is 17.9 Å². The van der Waals surface area contributed by atoms with Crippen molar-refractivity contribution in [3.63, 3.8) is 0 Å². The van der Waals surface area contributed by atoms with E-state index >= 15 is 0 Å². The highest BCUT2D eigenvalue weighted by Crippen LogP contribution is 2.21. The summed E-state index contributed by atoms with van der Waals surface area (Å²) in [7, 11) is 0. The predicted molar refractivity (Wildman–Crippen MR) is 124 cm³/mol. The number of hydrogen-bond acceptors (Lipinski definition) is 6. The Balaban J connectivity index is 1.48. The summed E-state index contributed by atoms with van der Waals surface area (Å²) >= 11 is 0. The molecular weight excluding hydrogens is 406 g/mol. The second-order valence-corrected chi connectivity index (χ2v) is 8.53. The fourth-order valence-corrected chi connectivity index (χ4v) is 3.95. The molecule has 1 saturated heterocycles. The van der Waals surface area contributed by atoms with Gasteiger partial charge in [-0.25, -0.2) is 0 Å². The number of hydrogen-bond donors (Lipinski definition) is 3. The summed E-state index contributed by atoms with van der Waals surface area (Å²) in [5.41, 5.74) is 12.7. The van der Waals surface area contributed by atoms with Crippen molar-refractivity contribution in [1.82, 2.24) is 4.90 Å². The Morgan fingerprint density at radius 2 is 1.78 bits per heavy atom. The summed E-state index contributed by atoms with van der Waals surface area (Å²) in [6.45, 7) is 4.89. The first-order valence-corrected chi connectivity index (χ1v) is 11.3. The molecule has 1 amide bonds. The third-order valence-corrected chi connectivity index (χ3v) is 5.92. The first kappa shape index (κ1) is 24.2. The van der Waals surface area contributed by atoms with Gasteiger partial charge in [0.25, 0.3) is 0 Å². The number of aryl methyl sites for hydroxylation is 1. The number of aliphatic hydroxyl groups excluding tert-OH is 1. The minimum Gasteiger partial charge on any atom is -0.492 e. The number of benzene rings is 2. The van der Waals surface area contributed by atoms with Crippen LogP contribution in [-0.2, 0) is 22.4 Å². The number of aliphatic hydroxyl groups is 1. The first-order chi connectivity index (χ1) is 15.4. The average molecular weight is 442 g/mol. The average Bonchev–Trinajstić information content (AvgIpc) is 2.80. The van der Waals surface area contributed by atoms with Gasteiger partial charge in [-0.3, -0.25) is 9.69 Å². The van der Waals surface area contributed by atoms with Crippen molar-refractivity contribution >= 4 is 5.91 Å². The number of primary amides is 1. The molecule has 7 heteroatoms. The maximum atomic E-state index is 12.1. The quantitative estimate of drug-likeness (QED) is 0.460. The van der Waals surface area contributed by atoms with E-state index < -0.39 is 17.6 Å². The normalized spacial score (nSPS) is 17.4. The molecule has 1 heterocycles. The molecule has 7 nitrogen and oxygen atoms in total. The van der Waals surface area contributed by atoms with E-state index in [-0.39, 0.29) is 12.8 Å². The van der Waals surface area contributed by atoms with Crippen molar-refractivity contribution in [2.45, 2.75) is 37.3 Å². The van der Waals surface area contributed by atoms with Crippen LogP contribution in [0, 0.1) is 0 Å². The Kier molecular flexibility index (Phi) is 9.05. The minimum atomic E-state index is -1.31. The van der Waals surface area contributed by atoms with Crippen molar-refractivity contribution in [3.8, 4) is 5.75 Å². The molecule has 0 saturated carbocycles. The Bertz CT molecular complexity index is 825. The topological polar surface area (TPSA) is 111 Å². The Labute approximate surface area is 190 Å². The molecular formula is C25H35N3O4. The molecule has 1 fully saturated rings. The summed E-state index contributed by atoms with van der Waals surface area (Å²) in [4.78, 5) is 14.5. The molecule has 5 N–H and O–H groups in total. The van der Waals surface area contributed by atoms with Crippen molar-refractivity contribution < 1.29 is 19.4 Å². The molecule has 0 aromatic heterocycles. The standard InChI is InChI=1S/C25H35N3O4/c26-24(30)25(27,19-22(29)9-6-20-4-2-1-3-5-20)18-21-7-10-23(11-8-21)32-17-14-28-12-15-31-16-13-28/h1-5,7-8,10-11,22,29H,6,9,12-19,27H2,(H2,26,30)/t22-,25+/m0/s1. The van der Waals surface area contributed by atoms with Gasteiger partial charge in [0, 0.05) is 26.1 Å². The van der Waals surface area contributed by atoms with Gasteiger partial charge in [0.15, 0.2) is 0 Å². The largest absolute Gasteiger partial charge is 0.492 e. The zero-order valence-electron chi connectivity index (χ0n) is 18.6. The van der Waals surface area contributed by atoms with Crippen LogP contribution in [0.3, 0.4) is 0 Å². The van der Waals surface area contributed by atoms with Crippen molar-refractivity contribution in [2.75, 3.05) is 39.5 Å². The predicted octanol–water partition coefficient (Wildman–Crippen LogP) is 1.51. The number of carbonyl (C=O) groups excluding carboxylic acids is 1. The van der Waals surface area contributed by atoms with Crippen LogP contribution in [-0.4, -0.2) is 67.0 Å². The minimum absolute atomic E-state index is 0.118. The van der Waals surface area contributed by atoms with Gasteiger partial charge in [0.2, 0.25) is 5.91 Å². The smallest absolute Gasteiger partial charge is 0.237 e. The van der Waals surface area contributed by atoms with Crippen LogP contribution in [0.4, 0.5) is 0 Å². The van der Waals surface area contributed by atoms with Gasteiger partial charge in [0.05, 0.1) is 19.3 Å². The van der Waals surface area contributed by atoms with Gasteiger partial charge in [-0.05, 0) is 42.5 Å². The number of amides is 1. The van der Waals surface area contributed by atoms with E-state index in [1.807, 2.05) is 54.6 Å². The van der Waals surface area contributed by atoms with E-state index in [2.05, 4.69) is 4.90 Å².